The number of halogens is 4. The fraction of sp³-hybridized carbons (Fsp3) is 0.241. The number of esters is 1. The lowest BCUT2D eigenvalue weighted by molar-refractivity contribution is -0.198. The number of fused-ring (bicyclic) bond motifs is 1. The first-order valence-electron chi connectivity index (χ1n) is 12.8. The van der Waals surface area contributed by atoms with Gasteiger partial charge in [-0.1, -0.05) is 41.9 Å². The number of aromatic nitrogens is 4. The number of benzene rings is 2. The Morgan fingerprint density at radius 2 is 1.90 bits per heavy atom. The second-order valence-corrected chi connectivity index (χ2v) is 10.7. The standard InChI is InChI=1S/C29H25ClF3N5O3S/c1-3-40-28(39)22(34)12-17-4-6-18(7-5-17)21-14-42-25-24(21)35-15-36-27(25)41-26(29(31,32)33)20-9-8-19(30)13-23(20)38-11-10-16(2)37-38/h4-11,13-15,22,26H,3,12,34H2,1-2H3/t22?,26-/m1/s1. The quantitative estimate of drug-likeness (QED) is 0.186. The first-order valence-corrected chi connectivity index (χ1v) is 14.1. The van der Waals surface area contributed by atoms with Crippen LogP contribution in [0.25, 0.3) is 27.0 Å². The minimum atomic E-state index is -4.79. The summed E-state index contributed by atoms with van der Waals surface area (Å²) < 4.78 is 55.8. The van der Waals surface area contributed by atoms with Crippen molar-refractivity contribution in [1.82, 2.24) is 19.7 Å². The molecule has 2 aromatic carbocycles. The lowest BCUT2D eigenvalue weighted by atomic mass is 10.0. The number of aryl methyl sites for hydroxylation is 1. The third kappa shape index (κ3) is 6.25. The highest BCUT2D eigenvalue weighted by molar-refractivity contribution is 7.18. The lowest BCUT2D eigenvalue weighted by Gasteiger charge is -2.24. The Morgan fingerprint density at radius 3 is 2.57 bits per heavy atom. The molecule has 5 rings (SSSR count). The number of alkyl halides is 3. The van der Waals surface area contributed by atoms with Gasteiger partial charge in [0.05, 0.1) is 23.5 Å². The van der Waals surface area contributed by atoms with Crippen LogP contribution in [0.5, 0.6) is 5.88 Å². The highest BCUT2D eigenvalue weighted by Crippen LogP contribution is 2.43. The molecule has 0 spiro atoms. The number of rotatable bonds is 9. The van der Waals surface area contributed by atoms with E-state index in [9.17, 15) is 18.0 Å². The number of ether oxygens (including phenoxy) is 2. The monoisotopic (exact) mass is 615 g/mol. The van der Waals surface area contributed by atoms with Gasteiger partial charge in [-0.2, -0.15) is 18.3 Å². The highest BCUT2D eigenvalue weighted by atomic mass is 35.5. The molecule has 5 aromatic rings. The van der Waals surface area contributed by atoms with E-state index in [0.717, 1.165) is 11.1 Å². The molecule has 1 unspecified atom stereocenters. The first kappa shape index (κ1) is 29.5. The van der Waals surface area contributed by atoms with Gasteiger partial charge in [0.25, 0.3) is 0 Å². The Morgan fingerprint density at radius 1 is 1.14 bits per heavy atom. The van der Waals surface area contributed by atoms with Crippen molar-refractivity contribution in [3.05, 3.63) is 88.3 Å². The Hall–Kier alpha value is -4.00. The summed E-state index contributed by atoms with van der Waals surface area (Å²) in [5.41, 5.74) is 9.28. The Kier molecular flexibility index (Phi) is 8.48. The average Bonchev–Trinajstić information content (AvgIpc) is 3.59. The Labute approximate surface area is 247 Å². The fourth-order valence-electron chi connectivity index (χ4n) is 4.43. The number of hydrogen-bond acceptors (Lipinski definition) is 8. The molecule has 0 aliphatic rings. The number of thiophene rings is 1. The van der Waals surface area contributed by atoms with Crippen molar-refractivity contribution >= 4 is 39.1 Å². The molecular weight excluding hydrogens is 591 g/mol. The van der Waals surface area contributed by atoms with Gasteiger partial charge >= 0.3 is 12.1 Å². The second-order valence-electron chi connectivity index (χ2n) is 9.41. The zero-order valence-corrected chi connectivity index (χ0v) is 24.0. The van der Waals surface area contributed by atoms with Gasteiger partial charge in [-0.25, -0.2) is 14.6 Å². The van der Waals surface area contributed by atoms with E-state index in [1.165, 1.54) is 40.5 Å². The van der Waals surface area contributed by atoms with E-state index in [-0.39, 0.29) is 28.8 Å². The van der Waals surface area contributed by atoms with Crippen LogP contribution in [-0.4, -0.2) is 44.5 Å². The van der Waals surface area contributed by atoms with Gasteiger partial charge in [-0.3, -0.25) is 4.79 Å². The summed E-state index contributed by atoms with van der Waals surface area (Å²) in [5, 5.41) is 6.30. The van der Waals surface area contributed by atoms with Crippen LogP contribution in [0.4, 0.5) is 13.2 Å². The van der Waals surface area contributed by atoms with Crippen LogP contribution in [0.1, 0.15) is 29.8 Å². The molecule has 0 aliphatic carbocycles. The summed E-state index contributed by atoms with van der Waals surface area (Å²) in [6.45, 7) is 3.69. The lowest BCUT2D eigenvalue weighted by Crippen LogP contribution is -2.34. The van der Waals surface area contributed by atoms with Crippen molar-refractivity contribution < 1.29 is 27.4 Å². The molecule has 0 bridgehead atoms. The van der Waals surface area contributed by atoms with E-state index in [1.807, 2.05) is 24.3 Å². The number of nitrogens with two attached hydrogens (primary N) is 1. The highest BCUT2D eigenvalue weighted by Gasteiger charge is 2.45. The largest absolute Gasteiger partial charge is 0.465 e. The molecule has 218 valence electrons. The molecule has 8 nitrogen and oxygen atoms in total. The maximum absolute atomic E-state index is 14.5. The van der Waals surface area contributed by atoms with E-state index in [0.29, 0.717) is 27.9 Å². The van der Waals surface area contributed by atoms with Crippen LogP contribution in [0.3, 0.4) is 0 Å². The van der Waals surface area contributed by atoms with Gasteiger partial charge in [0.15, 0.2) is 0 Å². The number of nitrogens with zero attached hydrogens (tertiary/aromatic N) is 4. The van der Waals surface area contributed by atoms with E-state index >= 15 is 0 Å². The summed E-state index contributed by atoms with van der Waals surface area (Å²) in [6, 6.07) is 12.3. The molecule has 2 N–H and O–H groups in total. The molecule has 0 saturated carbocycles. The third-order valence-corrected chi connectivity index (χ3v) is 7.59. The van der Waals surface area contributed by atoms with Crippen LogP contribution in [0.2, 0.25) is 5.02 Å². The van der Waals surface area contributed by atoms with Crippen LogP contribution < -0.4 is 10.5 Å². The molecule has 0 fully saturated rings. The van der Waals surface area contributed by atoms with Crippen LogP contribution in [-0.2, 0) is 16.0 Å². The summed E-state index contributed by atoms with van der Waals surface area (Å²) in [6.07, 6.45) is -4.12. The van der Waals surface area contributed by atoms with Crippen molar-refractivity contribution in [1.29, 1.82) is 0 Å². The van der Waals surface area contributed by atoms with Crippen molar-refractivity contribution in [3.8, 4) is 22.7 Å². The van der Waals surface area contributed by atoms with Crippen LogP contribution >= 0.6 is 22.9 Å². The van der Waals surface area contributed by atoms with Gasteiger partial charge in [0.2, 0.25) is 12.0 Å². The molecule has 42 heavy (non-hydrogen) atoms. The Balaban J connectivity index is 1.47. The van der Waals surface area contributed by atoms with Crippen LogP contribution in [0.15, 0.2) is 66.4 Å². The Bertz CT molecular complexity index is 1720. The van der Waals surface area contributed by atoms with E-state index < -0.39 is 24.3 Å². The smallest absolute Gasteiger partial charge is 0.429 e. The minimum absolute atomic E-state index is 0.137. The van der Waals surface area contributed by atoms with Gasteiger partial charge in [-0.15, -0.1) is 11.3 Å². The number of hydrogen-bond donors (Lipinski definition) is 1. The number of carbonyl (C=O) groups excluding carboxylic acids is 1. The van der Waals surface area contributed by atoms with Gasteiger partial charge in [-0.05, 0) is 49.6 Å². The zero-order chi connectivity index (χ0) is 30.0. The maximum Gasteiger partial charge on any atom is 0.429 e. The summed E-state index contributed by atoms with van der Waals surface area (Å²) in [7, 11) is 0. The molecule has 13 heteroatoms. The van der Waals surface area contributed by atoms with Crippen molar-refractivity contribution in [3.63, 3.8) is 0 Å². The minimum Gasteiger partial charge on any atom is -0.465 e. The van der Waals surface area contributed by atoms with E-state index in [1.54, 1.807) is 31.5 Å². The second kappa shape index (κ2) is 12.1. The summed E-state index contributed by atoms with van der Waals surface area (Å²) >= 11 is 7.32. The maximum atomic E-state index is 14.5. The molecule has 0 radical (unpaired) electrons. The predicted octanol–water partition coefficient (Wildman–Crippen LogP) is 6.62. The van der Waals surface area contributed by atoms with Gasteiger partial charge < -0.3 is 15.2 Å². The fourth-order valence-corrected chi connectivity index (χ4v) is 5.56. The summed E-state index contributed by atoms with van der Waals surface area (Å²) in [4.78, 5) is 20.3. The SMILES string of the molecule is CCOC(=O)C(N)Cc1ccc(-c2csc3c(O[C@H](c4ccc(Cl)cc4-n4ccc(C)n4)C(F)(F)F)ncnc23)cc1. The summed E-state index contributed by atoms with van der Waals surface area (Å²) in [5.74, 6) is -0.676. The third-order valence-electron chi connectivity index (χ3n) is 6.40. The molecule has 3 aromatic heterocycles. The van der Waals surface area contributed by atoms with Crippen molar-refractivity contribution in [2.24, 2.45) is 5.73 Å². The molecule has 3 heterocycles. The number of carbonyl (C=O) groups is 1. The van der Waals surface area contributed by atoms with Gasteiger partial charge in [0, 0.05) is 27.7 Å². The van der Waals surface area contributed by atoms with E-state index in [2.05, 4.69) is 15.1 Å². The molecule has 0 aliphatic heterocycles. The zero-order valence-electron chi connectivity index (χ0n) is 22.4. The molecular formula is C29H25ClF3N5O3S. The topological polar surface area (TPSA) is 105 Å². The molecule has 0 saturated heterocycles. The normalized spacial score (nSPS) is 13.2. The van der Waals surface area contributed by atoms with Crippen molar-refractivity contribution in [2.45, 2.75) is 38.6 Å². The average molecular weight is 616 g/mol. The van der Waals surface area contributed by atoms with Crippen LogP contribution in [0, 0.1) is 6.92 Å². The predicted molar refractivity (Wildman–Crippen MR) is 154 cm³/mol. The first-order chi connectivity index (χ1) is 20.0. The van der Waals surface area contributed by atoms with E-state index in [4.69, 9.17) is 26.8 Å². The van der Waals surface area contributed by atoms with Gasteiger partial charge in [0.1, 0.15) is 17.1 Å². The molecule has 0 amide bonds. The molecule has 2 atom stereocenters. The van der Waals surface area contributed by atoms with Crippen molar-refractivity contribution in [2.75, 3.05) is 6.61 Å².